The molecular formula is C14H11NO5S. The molecule has 0 saturated heterocycles. The van der Waals surface area contributed by atoms with E-state index in [0.29, 0.717) is 0 Å². The second-order valence-electron chi connectivity index (χ2n) is 4.26. The van der Waals surface area contributed by atoms with Crippen LogP contribution >= 0.6 is 0 Å². The summed E-state index contributed by atoms with van der Waals surface area (Å²) in [6.07, 6.45) is 1.37. The normalized spacial score (nSPS) is 13.2. The molecule has 108 valence electrons. The molecule has 0 aliphatic rings. The van der Waals surface area contributed by atoms with Crippen molar-refractivity contribution in [3.05, 3.63) is 66.4 Å². The van der Waals surface area contributed by atoms with Gasteiger partial charge in [0, 0.05) is 0 Å². The van der Waals surface area contributed by atoms with Crippen molar-refractivity contribution in [2.45, 2.75) is 16.2 Å². The summed E-state index contributed by atoms with van der Waals surface area (Å²) < 4.78 is 34.8. The van der Waals surface area contributed by atoms with Crippen molar-refractivity contribution in [3.63, 3.8) is 0 Å². The molecule has 0 bridgehead atoms. The molecule has 0 spiro atoms. The molecule has 3 aromatic rings. The Kier molecular flexibility index (Phi) is 3.36. The molecule has 0 aliphatic heterocycles. The first-order chi connectivity index (χ1) is 10.1. The summed E-state index contributed by atoms with van der Waals surface area (Å²) in [6, 6.07) is 11.0. The average Bonchev–Trinajstić information content (AvgIpc) is 3.19. The van der Waals surface area contributed by atoms with Crippen molar-refractivity contribution in [2.75, 3.05) is 0 Å². The van der Waals surface area contributed by atoms with Gasteiger partial charge < -0.3 is 13.9 Å². The number of rotatable bonds is 4. The van der Waals surface area contributed by atoms with Crippen LogP contribution in [0.15, 0.2) is 73.9 Å². The Morgan fingerprint density at radius 2 is 1.81 bits per heavy atom. The van der Waals surface area contributed by atoms with Crippen LogP contribution in [-0.2, 0) is 9.84 Å². The fraction of sp³-hybridized carbons (Fsp3) is 0.0714. The fourth-order valence-corrected chi connectivity index (χ4v) is 2.92. The molecule has 0 aliphatic carbocycles. The highest BCUT2D eigenvalue weighted by atomic mass is 32.2. The van der Waals surface area contributed by atoms with Gasteiger partial charge in [-0.3, -0.25) is 0 Å². The summed E-state index contributed by atoms with van der Waals surface area (Å²) in [5, 5.41) is 9.54. The number of hydrogen-bond donors (Lipinski definition) is 1. The van der Waals surface area contributed by atoms with E-state index in [4.69, 9.17) is 8.83 Å². The minimum absolute atomic E-state index is 0.000504. The lowest BCUT2D eigenvalue weighted by atomic mass is 10.2. The van der Waals surface area contributed by atoms with Gasteiger partial charge in [-0.05, 0) is 24.3 Å². The first-order valence-electron chi connectivity index (χ1n) is 6.06. The van der Waals surface area contributed by atoms with E-state index in [0.717, 1.165) is 0 Å². The maximum atomic E-state index is 12.3. The third-order valence-corrected chi connectivity index (χ3v) is 4.41. The fourth-order valence-electron chi connectivity index (χ4n) is 1.81. The Morgan fingerprint density at radius 3 is 2.48 bits per heavy atom. The maximum Gasteiger partial charge on any atom is 0.320 e. The Hall–Kier alpha value is -2.38. The van der Waals surface area contributed by atoms with Crippen LogP contribution in [0.4, 0.5) is 0 Å². The Balaban J connectivity index is 1.95. The summed E-state index contributed by atoms with van der Waals surface area (Å²) in [5.74, 6) is 0.245. The number of aliphatic hydroxyl groups is 1. The van der Waals surface area contributed by atoms with Crippen LogP contribution in [0.25, 0.3) is 0 Å². The van der Waals surface area contributed by atoms with Crippen molar-refractivity contribution >= 4 is 9.84 Å². The van der Waals surface area contributed by atoms with E-state index in [1.807, 2.05) is 0 Å². The molecule has 2 heterocycles. The monoisotopic (exact) mass is 305 g/mol. The topological polar surface area (TPSA) is 93.5 Å². The molecule has 0 radical (unpaired) electrons. The molecule has 3 rings (SSSR count). The third-order valence-electron chi connectivity index (χ3n) is 2.87. The Bertz CT molecular complexity index is 821. The summed E-state index contributed by atoms with van der Waals surface area (Å²) in [6.45, 7) is 0. The van der Waals surface area contributed by atoms with Crippen LogP contribution in [0, 0.1) is 0 Å². The number of furan rings is 1. The number of aromatic nitrogens is 1. The summed E-state index contributed by atoms with van der Waals surface area (Å²) in [4.78, 5) is 3.81. The highest BCUT2D eigenvalue weighted by Gasteiger charge is 2.26. The van der Waals surface area contributed by atoms with E-state index < -0.39 is 21.2 Å². The second-order valence-corrected chi connectivity index (χ2v) is 6.09. The summed E-state index contributed by atoms with van der Waals surface area (Å²) in [7, 11) is -3.84. The molecule has 1 N–H and O–H groups in total. The largest absolute Gasteiger partial charge is 0.466 e. The Morgan fingerprint density at radius 1 is 1.05 bits per heavy atom. The van der Waals surface area contributed by atoms with Crippen LogP contribution in [-0.4, -0.2) is 18.5 Å². The van der Waals surface area contributed by atoms with Gasteiger partial charge in [-0.25, -0.2) is 13.4 Å². The smallest absolute Gasteiger partial charge is 0.320 e. The molecule has 6 nitrogen and oxygen atoms in total. The van der Waals surface area contributed by atoms with Gasteiger partial charge in [0.2, 0.25) is 0 Å². The molecule has 0 amide bonds. The molecule has 0 saturated carbocycles. The van der Waals surface area contributed by atoms with E-state index in [2.05, 4.69) is 4.98 Å². The van der Waals surface area contributed by atoms with Crippen molar-refractivity contribution in [3.8, 4) is 0 Å². The van der Waals surface area contributed by atoms with E-state index in [1.54, 1.807) is 30.3 Å². The Labute approximate surface area is 120 Å². The van der Waals surface area contributed by atoms with Crippen LogP contribution in [0.2, 0.25) is 0 Å². The molecule has 7 heteroatoms. The van der Waals surface area contributed by atoms with Gasteiger partial charge >= 0.3 is 5.22 Å². The number of hydrogen-bond acceptors (Lipinski definition) is 6. The van der Waals surface area contributed by atoms with Crippen molar-refractivity contribution in [2.24, 2.45) is 0 Å². The van der Waals surface area contributed by atoms with E-state index in [1.165, 1.54) is 24.6 Å². The SMILES string of the molecule is O=S(=O)(c1ccccc1)c1ncc(C(O)c2ccco2)o1. The zero-order valence-electron chi connectivity index (χ0n) is 10.7. The summed E-state index contributed by atoms with van der Waals surface area (Å²) in [5.41, 5.74) is 0. The summed E-state index contributed by atoms with van der Waals surface area (Å²) >= 11 is 0. The van der Waals surface area contributed by atoms with Crippen LogP contribution in [0.1, 0.15) is 17.6 Å². The standard InChI is InChI=1S/C14H11NO5S/c16-13(11-7-4-8-19-11)12-9-15-14(20-12)21(17,18)10-5-2-1-3-6-10/h1-9,13,16H. The van der Waals surface area contributed by atoms with Gasteiger partial charge in [0.05, 0.1) is 17.4 Å². The van der Waals surface area contributed by atoms with Crippen LogP contribution in [0.3, 0.4) is 0 Å². The van der Waals surface area contributed by atoms with Gasteiger partial charge in [0.15, 0.2) is 11.9 Å². The number of benzene rings is 1. The molecule has 0 fully saturated rings. The van der Waals surface area contributed by atoms with E-state index in [-0.39, 0.29) is 16.4 Å². The van der Waals surface area contributed by atoms with Crippen molar-refractivity contribution in [1.82, 2.24) is 4.98 Å². The zero-order valence-corrected chi connectivity index (χ0v) is 11.5. The van der Waals surface area contributed by atoms with Gasteiger partial charge in [0.1, 0.15) is 5.76 Å². The van der Waals surface area contributed by atoms with Crippen molar-refractivity contribution in [1.29, 1.82) is 0 Å². The number of oxazole rings is 1. The third kappa shape index (κ3) is 2.48. The van der Waals surface area contributed by atoms with Gasteiger partial charge in [-0.1, -0.05) is 18.2 Å². The quantitative estimate of drug-likeness (QED) is 0.794. The molecule has 1 unspecified atom stereocenters. The predicted octanol–water partition coefficient (Wildman–Crippen LogP) is 2.18. The number of aliphatic hydroxyl groups excluding tert-OH is 1. The molecule has 2 aromatic heterocycles. The van der Waals surface area contributed by atoms with E-state index >= 15 is 0 Å². The van der Waals surface area contributed by atoms with E-state index in [9.17, 15) is 13.5 Å². The number of nitrogens with zero attached hydrogens (tertiary/aromatic N) is 1. The minimum atomic E-state index is -3.84. The lowest BCUT2D eigenvalue weighted by Crippen LogP contribution is -2.02. The van der Waals surface area contributed by atoms with Crippen molar-refractivity contribution < 1.29 is 22.4 Å². The number of sulfone groups is 1. The van der Waals surface area contributed by atoms with Gasteiger partial charge in [-0.15, -0.1) is 0 Å². The van der Waals surface area contributed by atoms with Crippen LogP contribution in [0.5, 0.6) is 0 Å². The van der Waals surface area contributed by atoms with Gasteiger partial charge in [-0.2, -0.15) is 0 Å². The van der Waals surface area contributed by atoms with Crippen LogP contribution < -0.4 is 0 Å². The molecule has 21 heavy (non-hydrogen) atoms. The average molecular weight is 305 g/mol. The minimum Gasteiger partial charge on any atom is -0.466 e. The lowest BCUT2D eigenvalue weighted by molar-refractivity contribution is 0.156. The predicted molar refractivity (Wildman–Crippen MR) is 71.2 cm³/mol. The zero-order chi connectivity index (χ0) is 14.9. The highest BCUT2D eigenvalue weighted by molar-refractivity contribution is 7.91. The first kappa shape index (κ1) is 13.6. The first-order valence-corrected chi connectivity index (χ1v) is 7.54. The highest BCUT2D eigenvalue weighted by Crippen LogP contribution is 2.26. The molecular weight excluding hydrogens is 294 g/mol. The molecule has 1 aromatic carbocycles. The lowest BCUT2D eigenvalue weighted by Gasteiger charge is -2.03. The molecule has 1 atom stereocenters. The van der Waals surface area contributed by atoms with Gasteiger partial charge in [0.25, 0.3) is 9.84 Å². The second kappa shape index (κ2) is 5.19. The maximum absolute atomic E-state index is 12.3.